The maximum Gasteiger partial charge on any atom is 0.283 e. The number of fused-ring (bicyclic) bond motifs is 1. The van der Waals surface area contributed by atoms with Crippen molar-refractivity contribution in [2.45, 2.75) is 6.92 Å². The Bertz CT molecular complexity index is 997. The SMILES string of the molecule is Cc1ccccc1-c1ncc(C(=O)N/N=C/c2ccc3c(c2)OCO3)s1. The van der Waals surface area contributed by atoms with Gasteiger partial charge >= 0.3 is 0 Å². The van der Waals surface area contributed by atoms with Crippen LogP contribution in [-0.2, 0) is 0 Å². The lowest BCUT2D eigenvalue weighted by Gasteiger charge is -2.00. The molecular weight excluding hydrogens is 350 g/mol. The Morgan fingerprint density at radius 2 is 2.08 bits per heavy atom. The Kier molecular flexibility index (Phi) is 4.37. The number of rotatable bonds is 4. The van der Waals surface area contributed by atoms with Crippen molar-refractivity contribution in [3.05, 3.63) is 64.7 Å². The Morgan fingerprint density at radius 1 is 1.23 bits per heavy atom. The normalized spacial score (nSPS) is 12.5. The highest BCUT2D eigenvalue weighted by molar-refractivity contribution is 7.16. The number of carbonyl (C=O) groups is 1. The van der Waals surface area contributed by atoms with E-state index in [0.29, 0.717) is 16.4 Å². The predicted octanol–water partition coefficient (Wildman–Crippen LogP) is 3.61. The van der Waals surface area contributed by atoms with Crippen LogP contribution >= 0.6 is 11.3 Å². The van der Waals surface area contributed by atoms with Gasteiger partial charge in [0.25, 0.3) is 5.91 Å². The molecule has 1 amide bonds. The molecule has 1 N–H and O–H groups in total. The van der Waals surface area contributed by atoms with Gasteiger partial charge in [0.05, 0.1) is 12.4 Å². The third kappa shape index (κ3) is 3.29. The minimum atomic E-state index is -0.292. The lowest BCUT2D eigenvalue weighted by atomic mass is 10.1. The molecule has 3 aromatic rings. The number of carbonyl (C=O) groups excluding carboxylic acids is 1. The lowest BCUT2D eigenvalue weighted by molar-refractivity contribution is 0.0959. The van der Waals surface area contributed by atoms with Gasteiger partial charge in [-0.3, -0.25) is 4.79 Å². The van der Waals surface area contributed by atoms with Gasteiger partial charge in [0.15, 0.2) is 11.5 Å². The van der Waals surface area contributed by atoms with Crippen LogP contribution in [0.25, 0.3) is 10.6 Å². The van der Waals surface area contributed by atoms with Crippen LogP contribution in [0.15, 0.2) is 53.8 Å². The number of hydrogen-bond acceptors (Lipinski definition) is 6. The predicted molar refractivity (Wildman–Crippen MR) is 99.9 cm³/mol. The fraction of sp³-hybridized carbons (Fsp3) is 0.105. The van der Waals surface area contributed by atoms with Crippen molar-refractivity contribution >= 4 is 23.5 Å². The molecule has 0 atom stereocenters. The van der Waals surface area contributed by atoms with Gasteiger partial charge in [-0.25, -0.2) is 10.4 Å². The van der Waals surface area contributed by atoms with E-state index >= 15 is 0 Å². The summed E-state index contributed by atoms with van der Waals surface area (Å²) in [4.78, 5) is 17.1. The average Bonchev–Trinajstić information content (AvgIpc) is 3.31. The molecule has 4 rings (SSSR count). The van der Waals surface area contributed by atoms with E-state index in [-0.39, 0.29) is 12.7 Å². The average molecular weight is 365 g/mol. The molecule has 0 unspecified atom stereocenters. The Hall–Kier alpha value is -3.19. The van der Waals surface area contributed by atoms with E-state index in [2.05, 4.69) is 15.5 Å². The van der Waals surface area contributed by atoms with E-state index in [1.165, 1.54) is 11.3 Å². The summed E-state index contributed by atoms with van der Waals surface area (Å²) in [6.07, 6.45) is 3.13. The Labute approximate surface area is 154 Å². The second-order valence-electron chi connectivity index (χ2n) is 5.66. The van der Waals surface area contributed by atoms with Crippen LogP contribution < -0.4 is 14.9 Å². The van der Waals surface area contributed by atoms with Gasteiger partial charge in [-0.2, -0.15) is 5.10 Å². The van der Waals surface area contributed by atoms with Crippen LogP contribution in [0.2, 0.25) is 0 Å². The molecule has 0 saturated carbocycles. The summed E-state index contributed by atoms with van der Waals surface area (Å²) in [6.45, 7) is 2.24. The van der Waals surface area contributed by atoms with Crippen molar-refractivity contribution in [1.82, 2.24) is 10.4 Å². The van der Waals surface area contributed by atoms with Gasteiger partial charge < -0.3 is 9.47 Å². The molecule has 1 aliphatic rings. The number of ether oxygens (including phenoxy) is 2. The first-order chi connectivity index (χ1) is 12.7. The maximum absolute atomic E-state index is 12.3. The van der Waals surface area contributed by atoms with Crippen molar-refractivity contribution < 1.29 is 14.3 Å². The number of hydrogen-bond donors (Lipinski definition) is 1. The van der Waals surface area contributed by atoms with Crippen LogP contribution in [0.1, 0.15) is 20.8 Å². The fourth-order valence-corrected chi connectivity index (χ4v) is 3.43. The highest BCUT2D eigenvalue weighted by Crippen LogP contribution is 2.32. The molecule has 0 fully saturated rings. The Morgan fingerprint density at radius 3 is 2.96 bits per heavy atom. The van der Waals surface area contributed by atoms with Crippen molar-refractivity contribution in [2.75, 3.05) is 6.79 Å². The molecule has 0 radical (unpaired) electrons. The number of nitrogens with one attached hydrogen (secondary N) is 1. The number of thiazole rings is 1. The van der Waals surface area contributed by atoms with Gasteiger partial charge in [0.1, 0.15) is 9.88 Å². The molecule has 2 heterocycles. The van der Waals surface area contributed by atoms with Gasteiger partial charge in [0.2, 0.25) is 6.79 Å². The molecule has 2 aromatic carbocycles. The Balaban J connectivity index is 1.43. The van der Waals surface area contributed by atoms with Crippen LogP contribution in [0.5, 0.6) is 11.5 Å². The van der Waals surface area contributed by atoms with E-state index in [4.69, 9.17) is 9.47 Å². The zero-order chi connectivity index (χ0) is 17.9. The molecule has 6 nitrogen and oxygen atoms in total. The third-order valence-corrected chi connectivity index (χ3v) is 4.91. The van der Waals surface area contributed by atoms with Crippen molar-refractivity contribution in [1.29, 1.82) is 0 Å². The number of aryl methyl sites for hydroxylation is 1. The number of amides is 1. The molecule has 130 valence electrons. The summed E-state index contributed by atoms with van der Waals surface area (Å²) in [7, 11) is 0. The van der Waals surface area contributed by atoms with Crippen molar-refractivity contribution in [3.63, 3.8) is 0 Å². The zero-order valence-corrected chi connectivity index (χ0v) is 14.7. The highest BCUT2D eigenvalue weighted by Gasteiger charge is 2.13. The molecule has 7 heteroatoms. The summed E-state index contributed by atoms with van der Waals surface area (Å²) in [6, 6.07) is 13.4. The molecule has 1 aliphatic heterocycles. The van der Waals surface area contributed by atoms with Crippen LogP contribution in [-0.4, -0.2) is 23.9 Å². The van der Waals surface area contributed by atoms with Gasteiger partial charge in [-0.05, 0) is 36.2 Å². The maximum atomic E-state index is 12.3. The van der Waals surface area contributed by atoms with Crippen LogP contribution in [0.4, 0.5) is 0 Å². The first kappa shape index (κ1) is 16.3. The molecule has 0 aliphatic carbocycles. The summed E-state index contributed by atoms with van der Waals surface area (Å²) >= 11 is 1.34. The number of hydrazone groups is 1. The smallest absolute Gasteiger partial charge is 0.283 e. The van der Waals surface area contributed by atoms with Crippen molar-refractivity contribution in [2.24, 2.45) is 5.10 Å². The number of aromatic nitrogens is 1. The van der Waals surface area contributed by atoms with Gasteiger partial charge in [0, 0.05) is 5.56 Å². The van der Waals surface area contributed by atoms with E-state index in [1.54, 1.807) is 18.5 Å². The van der Waals surface area contributed by atoms with Crippen LogP contribution in [0.3, 0.4) is 0 Å². The second kappa shape index (κ2) is 6.97. The first-order valence-corrected chi connectivity index (χ1v) is 8.77. The first-order valence-electron chi connectivity index (χ1n) is 7.95. The largest absolute Gasteiger partial charge is 0.454 e. The zero-order valence-electron chi connectivity index (χ0n) is 13.9. The minimum absolute atomic E-state index is 0.223. The fourth-order valence-electron chi connectivity index (χ4n) is 2.53. The molecule has 0 spiro atoms. The quantitative estimate of drug-likeness (QED) is 0.566. The van der Waals surface area contributed by atoms with E-state index in [9.17, 15) is 4.79 Å². The molecule has 26 heavy (non-hydrogen) atoms. The number of nitrogens with zero attached hydrogens (tertiary/aromatic N) is 2. The molecule has 0 saturated heterocycles. The third-order valence-electron chi connectivity index (χ3n) is 3.88. The topological polar surface area (TPSA) is 72.8 Å². The monoisotopic (exact) mass is 365 g/mol. The van der Waals surface area contributed by atoms with Gasteiger partial charge in [-0.15, -0.1) is 11.3 Å². The summed E-state index contributed by atoms with van der Waals surface area (Å²) in [5, 5.41) is 4.81. The van der Waals surface area contributed by atoms with E-state index in [0.717, 1.165) is 21.7 Å². The summed E-state index contributed by atoms with van der Waals surface area (Å²) < 4.78 is 10.6. The van der Waals surface area contributed by atoms with E-state index in [1.807, 2.05) is 43.3 Å². The molecule has 1 aromatic heterocycles. The second-order valence-corrected chi connectivity index (χ2v) is 6.69. The standard InChI is InChI=1S/C19H15N3O3S/c1-12-4-2-3-5-14(12)19-20-10-17(26-19)18(23)22-21-9-13-6-7-15-16(8-13)25-11-24-15/h2-10H,11H2,1H3,(H,22,23)/b21-9+. The van der Waals surface area contributed by atoms with Gasteiger partial charge in [-0.1, -0.05) is 24.3 Å². The summed E-state index contributed by atoms with van der Waals surface area (Å²) in [5.41, 5.74) is 5.48. The van der Waals surface area contributed by atoms with E-state index < -0.39 is 0 Å². The molecule has 0 bridgehead atoms. The van der Waals surface area contributed by atoms with Crippen LogP contribution in [0, 0.1) is 6.92 Å². The van der Waals surface area contributed by atoms with Crippen molar-refractivity contribution in [3.8, 4) is 22.1 Å². The highest BCUT2D eigenvalue weighted by atomic mass is 32.1. The number of benzene rings is 2. The minimum Gasteiger partial charge on any atom is -0.454 e. The molecular formula is C19H15N3O3S. The lowest BCUT2D eigenvalue weighted by Crippen LogP contribution is -2.16. The summed E-state index contributed by atoms with van der Waals surface area (Å²) in [5.74, 6) is 1.09.